The smallest absolute Gasteiger partial charge is 0.346 e. The van der Waals surface area contributed by atoms with Gasteiger partial charge in [0.1, 0.15) is 11.6 Å². The van der Waals surface area contributed by atoms with Gasteiger partial charge in [0.25, 0.3) is 0 Å². The lowest BCUT2D eigenvalue weighted by Gasteiger charge is -2.32. The van der Waals surface area contributed by atoms with Crippen molar-refractivity contribution in [2.45, 2.75) is 13.0 Å². The summed E-state index contributed by atoms with van der Waals surface area (Å²) in [5, 5.41) is 9.83. The van der Waals surface area contributed by atoms with E-state index >= 15 is 0 Å². The molecule has 98 valence electrons. The van der Waals surface area contributed by atoms with Gasteiger partial charge in [-0.2, -0.15) is 4.37 Å². The lowest BCUT2D eigenvalue weighted by atomic mass is 10.2. The second-order valence-electron chi connectivity index (χ2n) is 4.15. The zero-order valence-electron chi connectivity index (χ0n) is 10.1. The maximum atomic E-state index is 11.2. The maximum absolute atomic E-state index is 11.2. The van der Waals surface area contributed by atoms with Gasteiger partial charge in [-0.25, -0.2) is 9.78 Å². The van der Waals surface area contributed by atoms with E-state index in [1.165, 1.54) is 11.5 Å². The summed E-state index contributed by atoms with van der Waals surface area (Å²) in [7, 11) is 0. The summed E-state index contributed by atoms with van der Waals surface area (Å²) in [4.78, 5) is 17.3. The first-order valence-electron chi connectivity index (χ1n) is 5.71. The largest absolute Gasteiger partial charge is 0.478 e. The number of carboxylic acids is 1. The summed E-state index contributed by atoms with van der Waals surface area (Å²) in [5.41, 5.74) is 0.816. The minimum Gasteiger partial charge on any atom is -0.478 e. The van der Waals surface area contributed by atoms with Crippen molar-refractivity contribution in [1.29, 1.82) is 0 Å². The SMILES string of the molecule is Cc1nsc(N2CC(C(=O)O)Oc3ccccc32)n1. The number of benzene rings is 1. The third-order valence-electron chi connectivity index (χ3n) is 2.80. The lowest BCUT2D eigenvalue weighted by molar-refractivity contribution is -0.144. The van der Waals surface area contributed by atoms with E-state index in [4.69, 9.17) is 9.84 Å². The van der Waals surface area contributed by atoms with E-state index < -0.39 is 12.1 Å². The molecule has 3 rings (SSSR count). The first-order valence-corrected chi connectivity index (χ1v) is 6.49. The van der Waals surface area contributed by atoms with Crippen molar-refractivity contribution in [2.75, 3.05) is 11.4 Å². The third-order valence-corrected chi connectivity index (χ3v) is 3.63. The fraction of sp³-hybridized carbons (Fsp3) is 0.250. The molecule has 0 amide bonds. The van der Waals surface area contributed by atoms with Crippen molar-refractivity contribution in [3.05, 3.63) is 30.1 Å². The number of aliphatic carboxylic acids is 1. The van der Waals surface area contributed by atoms with Gasteiger partial charge in [-0.1, -0.05) is 12.1 Å². The zero-order valence-corrected chi connectivity index (χ0v) is 10.9. The monoisotopic (exact) mass is 277 g/mol. The molecule has 1 aliphatic heterocycles. The molecule has 0 bridgehead atoms. The highest BCUT2D eigenvalue weighted by Gasteiger charge is 2.32. The molecule has 0 saturated carbocycles. The molecule has 2 aromatic rings. The second-order valence-corrected chi connectivity index (χ2v) is 4.88. The van der Waals surface area contributed by atoms with Crippen LogP contribution in [0.3, 0.4) is 0 Å². The fourth-order valence-electron chi connectivity index (χ4n) is 1.94. The van der Waals surface area contributed by atoms with Crippen molar-refractivity contribution < 1.29 is 14.6 Å². The molecule has 6 nitrogen and oxygen atoms in total. The molecule has 1 aromatic carbocycles. The molecule has 1 N–H and O–H groups in total. The summed E-state index contributed by atoms with van der Waals surface area (Å²) < 4.78 is 9.60. The molecule has 0 fully saturated rings. The van der Waals surface area contributed by atoms with Gasteiger partial charge in [0.2, 0.25) is 11.2 Å². The highest BCUT2D eigenvalue weighted by Crippen LogP contribution is 2.38. The second kappa shape index (κ2) is 4.51. The molecule has 1 aromatic heterocycles. The normalized spacial score (nSPS) is 17.7. The Morgan fingerprint density at radius 2 is 2.32 bits per heavy atom. The zero-order chi connectivity index (χ0) is 13.4. The minimum atomic E-state index is -0.985. The summed E-state index contributed by atoms with van der Waals surface area (Å²) in [6.45, 7) is 2.03. The minimum absolute atomic E-state index is 0.223. The fourth-order valence-corrected chi connectivity index (χ4v) is 2.64. The molecule has 19 heavy (non-hydrogen) atoms. The van der Waals surface area contributed by atoms with Crippen LogP contribution in [0, 0.1) is 6.92 Å². The predicted molar refractivity (Wildman–Crippen MR) is 70.1 cm³/mol. The molecule has 0 spiro atoms. The number of carboxylic acid groups (broad SMARTS) is 1. The van der Waals surface area contributed by atoms with Gasteiger partial charge in [-0.3, -0.25) is 0 Å². The van der Waals surface area contributed by atoms with Crippen LogP contribution < -0.4 is 9.64 Å². The van der Waals surface area contributed by atoms with E-state index in [1.54, 1.807) is 13.0 Å². The Hall–Kier alpha value is -2.15. The Labute approximate surface area is 113 Å². The van der Waals surface area contributed by atoms with Crippen molar-refractivity contribution in [2.24, 2.45) is 0 Å². The number of hydrogen-bond acceptors (Lipinski definition) is 6. The van der Waals surface area contributed by atoms with Crippen LogP contribution in [0.4, 0.5) is 10.8 Å². The Balaban J connectivity index is 2.05. The molecule has 1 atom stereocenters. The van der Waals surface area contributed by atoms with Gasteiger partial charge < -0.3 is 14.7 Å². The molecule has 7 heteroatoms. The van der Waals surface area contributed by atoms with Crippen LogP contribution >= 0.6 is 11.5 Å². The number of para-hydroxylation sites is 2. The average Bonchev–Trinajstić information content (AvgIpc) is 2.84. The van der Waals surface area contributed by atoms with E-state index in [9.17, 15) is 4.79 Å². The highest BCUT2D eigenvalue weighted by molar-refractivity contribution is 7.09. The van der Waals surface area contributed by atoms with Crippen LogP contribution in [0.2, 0.25) is 0 Å². The first-order chi connectivity index (χ1) is 9.15. The summed E-state index contributed by atoms with van der Waals surface area (Å²) in [6, 6.07) is 7.33. The van der Waals surface area contributed by atoms with Crippen molar-refractivity contribution in [1.82, 2.24) is 9.36 Å². The Bertz CT molecular complexity index is 628. The molecule has 0 aliphatic carbocycles. The number of aromatic nitrogens is 2. The number of hydrogen-bond donors (Lipinski definition) is 1. The Morgan fingerprint density at radius 1 is 1.53 bits per heavy atom. The first kappa shape index (κ1) is 11.9. The molecule has 0 radical (unpaired) electrons. The molecule has 1 unspecified atom stereocenters. The van der Waals surface area contributed by atoms with Gasteiger partial charge in [0.05, 0.1) is 12.2 Å². The van der Waals surface area contributed by atoms with E-state index in [-0.39, 0.29) is 6.54 Å². The van der Waals surface area contributed by atoms with Crippen molar-refractivity contribution >= 4 is 28.3 Å². The van der Waals surface area contributed by atoms with Crippen LogP contribution in [0.25, 0.3) is 0 Å². The summed E-state index contributed by atoms with van der Waals surface area (Å²) >= 11 is 1.25. The Kier molecular flexibility index (Phi) is 2.83. The average molecular weight is 277 g/mol. The number of fused-ring (bicyclic) bond motifs is 1. The van der Waals surface area contributed by atoms with Gasteiger partial charge in [-0.15, -0.1) is 0 Å². The van der Waals surface area contributed by atoms with Gasteiger partial charge in [0, 0.05) is 11.5 Å². The van der Waals surface area contributed by atoms with Crippen molar-refractivity contribution in [3.63, 3.8) is 0 Å². The third kappa shape index (κ3) is 2.12. The van der Waals surface area contributed by atoms with Gasteiger partial charge >= 0.3 is 5.97 Å². The van der Waals surface area contributed by atoms with Crippen LogP contribution in [-0.4, -0.2) is 33.1 Å². The number of carbonyl (C=O) groups is 1. The van der Waals surface area contributed by atoms with Gasteiger partial charge in [0.15, 0.2) is 0 Å². The van der Waals surface area contributed by atoms with E-state index in [0.717, 1.165) is 5.69 Å². The molecule has 1 aliphatic rings. The molecular formula is C12H11N3O3S. The van der Waals surface area contributed by atoms with E-state index in [0.29, 0.717) is 16.7 Å². The number of aryl methyl sites for hydroxylation is 1. The summed E-state index contributed by atoms with van der Waals surface area (Å²) in [5.74, 6) is 0.241. The number of nitrogens with zero attached hydrogens (tertiary/aromatic N) is 3. The highest BCUT2D eigenvalue weighted by atomic mass is 32.1. The van der Waals surface area contributed by atoms with Crippen LogP contribution in [0.5, 0.6) is 5.75 Å². The predicted octanol–water partition coefficient (Wildman–Crippen LogP) is 1.83. The standard InChI is InChI=1S/C12H11N3O3S/c1-7-13-12(19-14-7)15-6-10(11(16)17)18-9-5-3-2-4-8(9)15/h2-5,10H,6H2,1H3,(H,16,17). The van der Waals surface area contributed by atoms with Crippen LogP contribution in [0.1, 0.15) is 5.82 Å². The van der Waals surface area contributed by atoms with Crippen LogP contribution in [0.15, 0.2) is 24.3 Å². The molecular weight excluding hydrogens is 266 g/mol. The van der Waals surface area contributed by atoms with Gasteiger partial charge in [-0.05, 0) is 19.1 Å². The maximum Gasteiger partial charge on any atom is 0.346 e. The lowest BCUT2D eigenvalue weighted by Crippen LogP contribution is -2.42. The van der Waals surface area contributed by atoms with E-state index in [2.05, 4.69) is 9.36 Å². The molecule has 2 heterocycles. The molecule has 0 saturated heterocycles. The summed E-state index contributed by atoms with van der Waals surface area (Å²) in [6.07, 6.45) is -0.904. The number of rotatable bonds is 2. The quantitative estimate of drug-likeness (QED) is 0.902. The number of anilines is 2. The van der Waals surface area contributed by atoms with Crippen molar-refractivity contribution in [3.8, 4) is 5.75 Å². The number of ether oxygens (including phenoxy) is 1. The van der Waals surface area contributed by atoms with E-state index in [1.807, 2.05) is 23.1 Å². The Morgan fingerprint density at radius 3 is 3.00 bits per heavy atom. The topological polar surface area (TPSA) is 75.6 Å². The van der Waals surface area contributed by atoms with Crippen LogP contribution in [-0.2, 0) is 4.79 Å².